The molecule has 0 bridgehead atoms. The average molecular weight is 396 g/mol. The van der Waals surface area contributed by atoms with E-state index in [-0.39, 0.29) is 5.91 Å². The number of rotatable bonds is 4. The Morgan fingerprint density at radius 1 is 1.00 bits per heavy atom. The number of nitrogens with zero attached hydrogens (tertiary/aromatic N) is 4. The largest absolute Gasteiger partial charge is 0.343 e. The zero-order valence-electron chi connectivity index (χ0n) is 17.0. The molecule has 5 rings (SSSR count). The number of hydrogen-bond acceptors (Lipinski definition) is 3. The fourth-order valence-corrected chi connectivity index (χ4v) is 4.36. The number of imidazole rings is 1. The van der Waals surface area contributed by atoms with Crippen molar-refractivity contribution in [3.8, 4) is 22.5 Å². The third-order valence-corrected chi connectivity index (χ3v) is 5.97. The highest BCUT2D eigenvalue weighted by Crippen LogP contribution is 2.29. The number of aromatic nitrogens is 3. The lowest BCUT2D eigenvalue weighted by atomic mass is 10.0. The van der Waals surface area contributed by atoms with Crippen LogP contribution in [0.15, 0.2) is 73.1 Å². The summed E-state index contributed by atoms with van der Waals surface area (Å²) >= 11 is 0. The molecule has 1 amide bonds. The highest BCUT2D eigenvalue weighted by molar-refractivity contribution is 5.80. The van der Waals surface area contributed by atoms with Crippen LogP contribution in [0.25, 0.3) is 33.5 Å². The summed E-state index contributed by atoms with van der Waals surface area (Å²) in [6, 6.07) is 21.0. The molecule has 5 nitrogen and oxygen atoms in total. The monoisotopic (exact) mass is 396 g/mol. The lowest BCUT2D eigenvalue weighted by Gasteiger charge is -2.16. The molecular formula is C25H24N4O. The van der Waals surface area contributed by atoms with Gasteiger partial charge in [0.25, 0.3) is 0 Å². The molecule has 150 valence electrons. The van der Waals surface area contributed by atoms with Crippen molar-refractivity contribution < 1.29 is 4.79 Å². The van der Waals surface area contributed by atoms with E-state index >= 15 is 0 Å². The second-order valence-electron chi connectivity index (χ2n) is 7.97. The molecule has 4 aromatic rings. The predicted octanol–water partition coefficient (Wildman–Crippen LogP) is 4.63. The normalized spacial score (nSPS) is 16.3. The number of likely N-dealkylation sites (tertiary alicyclic amines) is 1. The van der Waals surface area contributed by atoms with Crippen molar-refractivity contribution >= 4 is 16.9 Å². The van der Waals surface area contributed by atoms with Crippen LogP contribution in [0.3, 0.4) is 0 Å². The highest BCUT2D eigenvalue weighted by atomic mass is 16.2. The molecular weight excluding hydrogens is 372 g/mol. The lowest BCUT2D eigenvalue weighted by Crippen LogP contribution is -2.26. The van der Waals surface area contributed by atoms with Gasteiger partial charge in [0.05, 0.1) is 11.7 Å². The molecule has 1 saturated heterocycles. The van der Waals surface area contributed by atoms with Crippen LogP contribution in [-0.4, -0.2) is 38.4 Å². The molecule has 2 aromatic heterocycles. The van der Waals surface area contributed by atoms with E-state index in [2.05, 4.69) is 58.1 Å². The first-order valence-electron chi connectivity index (χ1n) is 10.4. The number of carbonyl (C=O) groups is 1. The van der Waals surface area contributed by atoms with Gasteiger partial charge >= 0.3 is 0 Å². The van der Waals surface area contributed by atoms with Gasteiger partial charge in [-0.05, 0) is 29.5 Å². The Labute approximate surface area is 176 Å². The van der Waals surface area contributed by atoms with Crippen molar-refractivity contribution in [3.63, 3.8) is 0 Å². The maximum Gasteiger partial charge on any atom is 0.219 e. The molecule has 30 heavy (non-hydrogen) atoms. The van der Waals surface area contributed by atoms with Gasteiger partial charge in [-0.25, -0.2) is 4.98 Å². The molecule has 0 aliphatic carbocycles. The number of hydrogen-bond donors (Lipinski definition) is 0. The summed E-state index contributed by atoms with van der Waals surface area (Å²) in [7, 11) is 0. The third kappa shape index (κ3) is 3.47. The zero-order valence-corrected chi connectivity index (χ0v) is 17.0. The van der Waals surface area contributed by atoms with Crippen LogP contribution in [0.5, 0.6) is 0 Å². The van der Waals surface area contributed by atoms with Crippen LogP contribution in [0.2, 0.25) is 0 Å². The fraction of sp³-hybridized carbons (Fsp3) is 0.240. The molecule has 1 atom stereocenters. The molecule has 1 fully saturated rings. The van der Waals surface area contributed by atoms with Crippen molar-refractivity contribution in [2.24, 2.45) is 5.92 Å². The first kappa shape index (κ1) is 18.6. The summed E-state index contributed by atoms with van der Waals surface area (Å²) in [5.41, 5.74) is 5.48. The maximum atomic E-state index is 11.7. The SMILES string of the molecule is CC(=O)N1CC[C@H](Cn2c(-c3ccc(-c4ccccc4)cc3)nc3cnccc32)C1. The number of carbonyl (C=O) groups excluding carboxylic acids is 1. The van der Waals surface area contributed by atoms with Crippen LogP contribution >= 0.6 is 0 Å². The van der Waals surface area contributed by atoms with Crippen LogP contribution in [0.1, 0.15) is 13.3 Å². The van der Waals surface area contributed by atoms with Crippen molar-refractivity contribution in [1.29, 1.82) is 0 Å². The van der Waals surface area contributed by atoms with Gasteiger partial charge in [0, 0.05) is 38.3 Å². The Morgan fingerprint density at radius 3 is 2.47 bits per heavy atom. The van der Waals surface area contributed by atoms with E-state index in [1.807, 2.05) is 29.4 Å². The molecule has 0 N–H and O–H groups in total. The van der Waals surface area contributed by atoms with Crippen molar-refractivity contribution in [2.45, 2.75) is 19.9 Å². The lowest BCUT2D eigenvalue weighted by molar-refractivity contribution is -0.127. The van der Waals surface area contributed by atoms with Crippen LogP contribution in [0.4, 0.5) is 0 Å². The number of benzene rings is 2. The Hall–Kier alpha value is -3.47. The molecule has 2 aromatic carbocycles. The van der Waals surface area contributed by atoms with Gasteiger partial charge in [-0.15, -0.1) is 0 Å². The fourth-order valence-electron chi connectivity index (χ4n) is 4.36. The highest BCUT2D eigenvalue weighted by Gasteiger charge is 2.26. The van der Waals surface area contributed by atoms with Gasteiger partial charge < -0.3 is 9.47 Å². The molecule has 0 unspecified atom stereocenters. The minimum absolute atomic E-state index is 0.161. The van der Waals surface area contributed by atoms with E-state index in [1.54, 1.807) is 6.92 Å². The molecule has 1 aliphatic heterocycles. The Bertz CT molecular complexity index is 1180. The molecule has 3 heterocycles. The molecule has 0 radical (unpaired) electrons. The molecule has 0 spiro atoms. The van der Waals surface area contributed by atoms with Crippen molar-refractivity contribution in [2.75, 3.05) is 13.1 Å². The van der Waals surface area contributed by atoms with Gasteiger partial charge in [0.15, 0.2) is 0 Å². The summed E-state index contributed by atoms with van der Waals surface area (Å²) in [5, 5.41) is 0. The summed E-state index contributed by atoms with van der Waals surface area (Å²) in [5.74, 6) is 1.55. The first-order chi connectivity index (χ1) is 14.7. The van der Waals surface area contributed by atoms with Gasteiger partial charge in [-0.3, -0.25) is 9.78 Å². The topological polar surface area (TPSA) is 51.0 Å². The Morgan fingerprint density at radius 2 is 1.73 bits per heavy atom. The Kier molecular flexibility index (Phi) is 4.79. The first-order valence-corrected chi connectivity index (χ1v) is 10.4. The van der Waals surface area contributed by atoms with E-state index in [4.69, 9.17) is 4.98 Å². The second kappa shape index (κ2) is 7.75. The number of fused-ring (bicyclic) bond motifs is 1. The number of amides is 1. The average Bonchev–Trinajstić information content (AvgIpc) is 3.40. The second-order valence-corrected chi connectivity index (χ2v) is 7.97. The van der Waals surface area contributed by atoms with E-state index < -0.39 is 0 Å². The minimum atomic E-state index is 0.161. The van der Waals surface area contributed by atoms with Crippen LogP contribution < -0.4 is 0 Å². The molecule has 1 aliphatic rings. The van der Waals surface area contributed by atoms with E-state index in [0.717, 1.165) is 48.5 Å². The van der Waals surface area contributed by atoms with Crippen molar-refractivity contribution in [3.05, 3.63) is 73.1 Å². The number of pyridine rings is 1. The van der Waals surface area contributed by atoms with E-state index in [1.165, 1.54) is 11.1 Å². The van der Waals surface area contributed by atoms with Gasteiger partial charge in [0.1, 0.15) is 11.3 Å². The quantitative estimate of drug-likeness (QED) is 0.505. The Balaban J connectivity index is 1.50. The summed E-state index contributed by atoms with van der Waals surface area (Å²) in [6.07, 6.45) is 4.67. The molecule has 5 heteroatoms. The predicted molar refractivity (Wildman–Crippen MR) is 119 cm³/mol. The van der Waals surface area contributed by atoms with E-state index in [9.17, 15) is 4.79 Å². The zero-order chi connectivity index (χ0) is 20.5. The van der Waals surface area contributed by atoms with Crippen LogP contribution in [-0.2, 0) is 11.3 Å². The van der Waals surface area contributed by atoms with Crippen LogP contribution in [0, 0.1) is 5.92 Å². The summed E-state index contributed by atoms with van der Waals surface area (Å²) in [4.78, 5) is 22.8. The van der Waals surface area contributed by atoms with Gasteiger partial charge in [-0.2, -0.15) is 0 Å². The summed E-state index contributed by atoms with van der Waals surface area (Å²) < 4.78 is 2.29. The standard InChI is InChI=1S/C25H24N4O/c1-18(30)28-14-12-19(16-28)17-29-24-11-13-26-15-23(24)27-25(29)22-9-7-21(8-10-22)20-5-3-2-4-6-20/h2-11,13,15,19H,12,14,16-17H2,1H3/t19-/m0/s1. The third-order valence-electron chi connectivity index (χ3n) is 5.97. The maximum absolute atomic E-state index is 11.7. The molecule has 0 saturated carbocycles. The van der Waals surface area contributed by atoms with Gasteiger partial charge in [0.2, 0.25) is 5.91 Å². The van der Waals surface area contributed by atoms with E-state index in [0.29, 0.717) is 5.92 Å². The van der Waals surface area contributed by atoms with Crippen molar-refractivity contribution in [1.82, 2.24) is 19.4 Å². The minimum Gasteiger partial charge on any atom is -0.343 e. The van der Waals surface area contributed by atoms with Gasteiger partial charge in [-0.1, -0.05) is 54.6 Å². The smallest absolute Gasteiger partial charge is 0.219 e. The summed E-state index contributed by atoms with van der Waals surface area (Å²) in [6.45, 7) is 4.15.